The van der Waals surface area contributed by atoms with Gasteiger partial charge in [-0.05, 0) is 59.0 Å². The summed E-state index contributed by atoms with van der Waals surface area (Å²) < 4.78 is 2.56. The van der Waals surface area contributed by atoms with Crippen molar-refractivity contribution in [1.82, 2.24) is 19.5 Å². The highest BCUT2D eigenvalue weighted by Gasteiger charge is 2.23. The maximum Gasteiger partial charge on any atom is 0.232 e. The van der Waals surface area contributed by atoms with Gasteiger partial charge in [-0.1, -0.05) is 30.3 Å². The molecule has 0 radical (unpaired) electrons. The second-order valence-corrected chi connectivity index (χ2v) is 10.5. The van der Waals surface area contributed by atoms with E-state index in [0.29, 0.717) is 28.6 Å². The Hall–Kier alpha value is -3.04. The number of likely N-dealkylation sites (tertiary alicyclic amines) is 1. The quantitative estimate of drug-likeness (QED) is 0.303. The summed E-state index contributed by atoms with van der Waals surface area (Å²) >= 11 is 5.12. The summed E-state index contributed by atoms with van der Waals surface area (Å²) in [7, 11) is 0. The van der Waals surface area contributed by atoms with E-state index in [2.05, 4.69) is 26.3 Å². The molecule has 1 fully saturated rings. The summed E-state index contributed by atoms with van der Waals surface area (Å²) in [5.74, 6) is 2.14. The number of phenolic OH excluding ortho intramolecular Hbond substituents is 1. The van der Waals surface area contributed by atoms with Gasteiger partial charge in [0.1, 0.15) is 11.6 Å². The Kier molecular flexibility index (Phi) is 7.24. The second-order valence-electron chi connectivity index (χ2n) is 8.58. The van der Waals surface area contributed by atoms with E-state index in [-0.39, 0.29) is 11.7 Å². The molecule has 5 rings (SSSR count). The van der Waals surface area contributed by atoms with Crippen LogP contribution in [0.1, 0.15) is 12.8 Å². The minimum absolute atomic E-state index is 0.188. The Morgan fingerprint density at radius 3 is 2.63 bits per heavy atom. The molecule has 0 atom stereocenters. The van der Waals surface area contributed by atoms with Crippen molar-refractivity contribution >= 4 is 45.1 Å². The number of phenols is 1. The van der Waals surface area contributed by atoms with Gasteiger partial charge in [0.05, 0.1) is 22.1 Å². The zero-order chi connectivity index (χ0) is 24.2. The average Bonchev–Trinajstić information content (AvgIpc) is 3.27. The molecule has 1 aliphatic rings. The van der Waals surface area contributed by atoms with E-state index in [9.17, 15) is 9.90 Å². The van der Waals surface area contributed by atoms with Crippen LogP contribution in [-0.2, 0) is 4.79 Å². The van der Waals surface area contributed by atoms with Crippen LogP contribution >= 0.6 is 27.7 Å². The SMILES string of the molecule is O=C(CSc1ccccc1)N1CCC(CNc2cc(-c3ccccc3O)nc3c(Br)cnn23)CC1. The highest BCUT2D eigenvalue weighted by molar-refractivity contribution is 9.10. The van der Waals surface area contributed by atoms with E-state index in [0.717, 1.165) is 47.7 Å². The maximum atomic E-state index is 12.7. The number of piperidine rings is 1. The molecule has 2 aromatic carbocycles. The molecular weight excluding hydrogens is 526 g/mol. The highest BCUT2D eigenvalue weighted by Crippen LogP contribution is 2.31. The van der Waals surface area contributed by atoms with Crippen LogP contribution < -0.4 is 5.32 Å². The molecule has 1 amide bonds. The van der Waals surface area contributed by atoms with Crippen LogP contribution in [0.15, 0.2) is 76.2 Å². The Morgan fingerprint density at radius 2 is 1.86 bits per heavy atom. The number of halogens is 1. The number of hydrogen-bond acceptors (Lipinski definition) is 6. The number of carbonyl (C=O) groups is 1. The molecule has 9 heteroatoms. The molecule has 35 heavy (non-hydrogen) atoms. The number of rotatable bonds is 7. The zero-order valence-corrected chi connectivity index (χ0v) is 21.5. The lowest BCUT2D eigenvalue weighted by molar-refractivity contribution is -0.129. The van der Waals surface area contributed by atoms with Gasteiger partial charge in [-0.25, -0.2) is 4.98 Å². The van der Waals surface area contributed by atoms with E-state index in [1.807, 2.05) is 53.4 Å². The molecule has 0 spiro atoms. The first-order valence-corrected chi connectivity index (χ1v) is 13.4. The van der Waals surface area contributed by atoms with Gasteiger partial charge in [-0.2, -0.15) is 9.61 Å². The van der Waals surface area contributed by atoms with Crippen LogP contribution in [0.25, 0.3) is 16.9 Å². The Morgan fingerprint density at radius 1 is 1.11 bits per heavy atom. The lowest BCUT2D eigenvalue weighted by Crippen LogP contribution is -2.40. The molecule has 4 aromatic rings. The minimum Gasteiger partial charge on any atom is -0.507 e. The summed E-state index contributed by atoms with van der Waals surface area (Å²) in [4.78, 5) is 20.5. The van der Waals surface area contributed by atoms with Crippen LogP contribution in [0, 0.1) is 5.92 Å². The third-order valence-electron chi connectivity index (χ3n) is 6.25. The van der Waals surface area contributed by atoms with Crippen molar-refractivity contribution in [1.29, 1.82) is 0 Å². The third kappa shape index (κ3) is 5.46. The fourth-order valence-electron chi connectivity index (χ4n) is 4.28. The van der Waals surface area contributed by atoms with Crippen LogP contribution in [0.3, 0.4) is 0 Å². The Bertz CT molecular complexity index is 1320. The number of carbonyl (C=O) groups excluding carboxylic acids is 1. The number of aromatic hydroxyl groups is 1. The van der Waals surface area contributed by atoms with E-state index < -0.39 is 0 Å². The molecule has 1 saturated heterocycles. The molecule has 0 bridgehead atoms. The summed E-state index contributed by atoms with van der Waals surface area (Å²) in [6.07, 6.45) is 3.63. The van der Waals surface area contributed by atoms with E-state index in [1.165, 1.54) is 0 Å². The van der Waals surface area contributed by atoms with Gasteiger partial charge >= 0.3 is 0 Å². The first-order chi connectivity index (χ1) is 17.1. The zero-order valence-electron chi connectivity index (χ0n) is 19.1. The smallest absolute Gasteiger partial charge is 0.232 e. The topological polar surface area (TPSA) is 82.8 Å². The Balaban J connectivity index is 1.21. The molecule has 1 aliphatic heterocycles. The van der Waals surface area contributed by atoms with Crippen LogP contribution in [0.5, 0.6) is 5.75 Å². The molecule has 7 nitrogen and oxygen atoms in total. The van der Waals surface area contributed by atoms with Crippen LogP contribution in [-0.4, -0.2) is 55.9 Å². The maximum absolute atomic E-state index is 12.7. The summed E-state index contributed by atoms with van der Waals surface area (Å²) in [6, 6.07) is 19.2. The van der Waals surface area contributed by atoms with Gasteiger partial charge in [-0.15, -0.1) is 11.8 Å². The molecule has 180 valence electrons. The monoisotopic (exact) mass is 551 g/mol. The van der Waals surface area contributed by atoms with Crippen molar-refractivity contribution in [3.05, 3.63) is 71.3 Å². The van der Waals surface area contributed by atoms with Crippen molar-refractivity contribution in [2.45, 2.75) is 17.7 Å². The van der Waals surface area contributed by atoms with Crippen molar-refractivity contribution in [3.63, 3.8) is 0 Å². The first-order valence-electron chi connectivity index (χ1n) is 11.6. The number of fused-ring (bicyclic) bond motifs is 1. The highest BCUT2D eigenvalue weighted by atomic mass is 79.9. The average molecular weight is 552 g/mol. The van der Waals surface area contributed by atoms with E-state index in [4.69, 9.17) is 4.98 Å². The van der Waals surface area contributed by atoms with Crippen LogP contribution in [0.4, 0.5) is 5.82 Å². The number of aromatic nitrogens is 3. The third-order valence-corrected chi connectivity index (χ3v) is 7.81. The summed E-state index contributed by atoms with van der Waals surface area (Å²) in [6.45, 7) is 2.34. The van der Waals surface area contributed by atoms with Crippen molar-refractivity contribution < 1.29 is 9.90 Å². The van der Waals surface area contributed by atoms with Crippen molar-refractivity contribution in [3.8, 4) is 17.0 Å². The van der Waals surface area contributed by atoms with Gasteiger partial charge < -0.3 is 15.3 Å². The molecule has 2 aromatic heterocycles. The van der Waals surface area contributed by atoms with Crippen molar-refractivity contribution in [2.24, 2.45) is 5.92 Å². The van der Waals surface area contributed by atoms with Gasteiger partial charge in [-0.3, -0.25) is 4.79 Å². The number of nitrogens with zero attached hydrogens (tertiary/aromatic N) is 4. The summed E-state index contributed by atoms with van der Waals surface area (Å²) in [5, 5.41) is 18.3. The standard InChI is InChI=1S/C26H26BrN5O2S/c27-21-16-29-32-24(14-22(30-26(21)32)20-8-4-5-9-23(20)33)28-15-18-10-12-31(13-11-18)25(34)17-35-19-6-2-1-3-7-19/h1-9,14,16,18,28,33H,10-13,15,17H2. The van der Waals surface area contributed by atoms with Gasteiger partial charge in [0, 0.05) is 36.2 Å². The predicted molar refractivity (Wildman–Crippen MR) is 143 cm³/mol. The fraction of sp³-hybridized carbons (Fsp3) is 0.269. The molecule has 3 heterocycles. The molecular formula is C26H26BrN5O2S. The van der Waals surface area contributed by atoms with Gasteiger partial charge in [0.15, 0.2) is 5.65 Å². The molecule has 2 N–H and O–H groups in total. The number of para-hydroxylation sites is 1. The largest absolute Gasteiger partial charge is 0.507 e. The number of benzene rings is 2. The van der Waals surface area contributed by atoms with Crippen LogP contribution in [0.2, 0.25) is 0 Å². The predicted octanol–water partition coefficient (Wildman–Crippen LogP) is 5.31. The molecule has 0 aliphatic carbocycles. The number of anilines is 1. The fourth-order valence-corrected chi connectivity index (χ4v) is 5.45. The lowest BCUT2D eigenvalue weighted by Gasteiger charge is -2.32. The number of nitrogens with one attached hydrogen (secondary N) is 1. The lowest BCUT2D eigenvalue weighted by atomic mass is 9.97. The molecule has 0 unspecified atom stereocenters. The van der Waals surface area contributed by atoms with Crippen molar-refractivity contribution in [2.75, 3.05) is 30.7 Å². The number of hydrogen-bond donors (Lipinski definition) is 2. The first kappa shape index (κ1) is 23.7. The Labute approximate surface area is 216 Å². The van der Waals surface area contributed by atoms with E-state index >= 15 is 0 Å². The van der Waals surface area contributed by atoms with Gasteiger partial charge in [0.25, 0.3) is 0 Å². The normalized spacial score (nSPS) is 14.4. The number of amides is 1. The summed E-state index contributed by atoms with van der Waals surface area (Å²) in [5.41, 5.74) is 2.03. The number of thioether (sulfide) groups is 1. The van der Waals surface area contributed by atoms with E-state index in [1.54, 1.807) is 34.6 Å². The van der Waals surface area contributed by atoms with Gasteiger partial charge in [0.2, 0.25) is 5.91 Å². The molecule has 0 saturated carbocycles. The second kappa shape index (κ2) is 10.7. The minimum atomic E-state index is 0.188.